The molecule has 1 heterocycles. The molecule has 0 amide bonds. The normalized spacial score (nSPS) is 15.6. The van der Waals surface area contributed by atoms with Crippen molar-refractivity contribution in [3.8, 4) is 0 Å². The van der Waals surface area contributed by atoms with Gasteiger partial charge in [0, 0.05) is 0 Å². The molecule has 0 aromatic carbocycles. The zero-order chi connectivity index (χ0) is 9.73. The van der Waals surface area contributed by atoms with Crippen LogP contribution in [-0.2, 0) is 6.54 Å². The highest BCUT2D eigenvalue weighted by molar-refractivity contribution is 4.81. The van der Waals surface area contributed by atoms with Crippen LogP contribution in [0.1, 0.15) is 13.8 Å². The van der Waals surface area contributed by atoms with Gasteiger partial charge in [-0.1, -0.05) is 6.92 Å². The van der Waals surface area contributed by atoms with Gasteiger partial charge in [-0.05, 0) is 13.5 Å². The Kier molecular flexibility index (Phi) is 3.39. The Labute approximate surface area is 77.8 Å². The molecule has 0 aliphatic carbocycles. The van der Waals surface area contributed by atoms with Crippen LogP contribution in [0, 0.1) is 0 Å². The molecule has 1 aromatic heterocycles. The Balaban J connectivity index is 2.58. The molecule has 0 aliphatic rings. The number of nitrogens with zero attached hydrogens (tertiary/aromatic N) is 3. The monoisotopic (exact) mass is 184 g/mol. The van der Waals surface area contributed by atoms with E-state index in [0.717, 1.165) is 6.54 Å². The lowest BCUT2D eigenvalue weighted by Crippen LogP contribution is -2.49. The standard InChI is InChI=1S/C8H16N4O/c1-3-10-8(2,5-13)4-12-7-9-6-11-12/h6-7,10,13H,3-5H2,1-2H3. The van der Waals surface area contributed by atoms with Crippen LogP contribution in [-0.4, -0.2) is 38.6 Å². The SMILES string of the molecule is CCNC(C)(CO)Cn1cncn1. The smallest absolute Gasteiger partial charge is 0.137 e. The molecule has 1 unspecified atom stereocenters. The first-order chi connectivity index (χ1) is 6.20. The molecule has 5 nitrogen and oxygen atoms in total. The molecule has 0 fully saturated rings. The Hall–Kier alpha value is -0.940. The van der Waals surface area contributed by atoms with Gasteiger partial charge in [0.05, 0.1) is 18.7 Å². The molecule has 74 valence electrons. The Bertz CT molecular complexity index is 236. The van der Waals surface area contributed by atoms with Crippen molar-refractivity contribution in [1.29, 1.82) is 0 Å². The quantitative estimate of drug-likeness (QED) is 0.656. The fourth-order valence-electron chi connectivity index (χ4n) is 1.26. The molecule has 0 spiro atoms. The first kappa shape index (κ1) is 10.1. The third-order valence-corrected chi connectivity index (χ3v) is 1.93. The van der Waals surface area contributed by atoms with E-state index in [1.165, 1.54) is 6.33 Å². The zero-order valence-corrected chi connectivity index (χ0v) is 8.06. The van der Waals surface area contributed by atoms with E-state index in [1.54, 1.807) is 11.0 Å². The summed E-state index contributed by atoms with van der Waals surface area (Å²) >= 11 is 0. The van der Waals surface area contributed by atoms with Crippen LogP contribution in [0.5, 0.6) is 0 Å². The van der Waals surface area contributed by atoms with Crippen molar-refractivity contribution in [3.05, 3.63) is 12.7 Å². The number of hydrogen-bond acceptors (Lipinski definition) is 4. The van der Waals surface area contributed by atoms with E-state index in [0.29, 0.717) is 6.54 Å². The lowest BCUT2D eigenvalue weighted by Gasteiger charge is -2.27. The summed E-state index contributed by atoms with van der Waals surface area (Å²) in [5.74, 6) is 0. The zero-order valence-electron chi connectivity index (χ0n) is 8.06. The molecule has 0 saturated carbocycles. The van der Waals surface area contributed by atoms with Gasteiger partial charge < -0.3 is 10.4 Å². The lowest BCUT2D eigenvalue weighted by molar-refractivity contribution is 0.155. The van der Waals surface area contributed by atoms with E-state index < -0.39 is 0 Å². The van der Waals surface area contributed by atoms with Crippen molar-refractivity contribution >= 4 is 0 Å². The maximum atomic E-state index is 9.19. The van der Waals surface area contributed by atoms with E-state index in [-0.39, 0.29) is 12.1 Å². The lowest BCUT2D eigenvalue weighted by atomic mass is 10.0. The molecular formula is C8H16N4O. The number of aliphatic hydroxyl groups excluding tert-OH is 1. The predicted molar refractivity (Wildman–Crippen MR) is 49.2 cm³/mol. The molecule has 1 atom stereocenters. The van der Waals surface area contributed by atoms with Gasteiger partial charge in [0.1, 0.15) is 12.7 Å². The average Bonchev–Trinajstić information content (AvgIpc) is 2.57. The van der Waals surface area contributed by atoms with Crippen molar-refractivity contribution in [2.24, 2.45) is 0 Å². The van der Waals surface area contributed by atoms with Crippen LogP contribution >= 0.6 is 0 Å². The Morgan fingerprint density at radius 2 is 2.38 bits per heavy atom. The first-order valence-corrected chi connectivity index (χ1v) is 4.38. The molecule has 0 radical (unpaired) electrons. The van der Waals surface area contributed by atoms with Crippen LogP contribution in [0.25, 0.3) is 0 Å². The second-order valence-corrected chi connectivity index (χ2v) is 3.34. The highest BCUT2D eigenvalue weighted by atomic mass is 16.3. The van der Waals surface area contributed by atoms with Crippen molar-refractivity contribution in [3.63, 3.8) is 0 Å². The summed E-state index contributed by atoms with van der Waals surface area (Å²) in [4.78, 5) is 3.84. The van der Waals surface area contributed by atoms with E-state index in [1.807, 2.05) is 13.8 Å². The number of aromatic nitrogens is 3. The van der Waals surface area contributed by atoms with Gasteiger partial charge in [-0.2, -0.15) is 5.10 Å². The second-order valence-electron chi connectivity index (χ2n) is 3.34. The van der Waals surface area contributed by atoms with E-state index >= 15 is 0 Å². The summed E-state index contributed by atoms with van der Waals surface area (Å²) in [5.41, 5.74) is -0.317. The van der Waals surface area contributed by atoms with Gasteiger partial charge in [0.15, 0.2) is 0 Å². The van der Waals surface area contributed by atoms with E-state index in [4.69, 9.17) is 0 Å². The van der Waals surface area contributed by atoms with E-state index in [2.05, 4.69) is 15.4 Å². The van der Waals surface area contributed by atoms with Crippen molar-refractivity contribution in [1.82, 2.24) is 20.1 Å². The number of hydrogen-bond donors (Lipinski definition) is 2. The second kappa shape index (κ2) is 4.34. The molecule has 13 heavy (non-hydrogen) atoms. The largest absolute Gasteiger partial charge is 0.394 e. The maximum Gasteiger partial charge on any atom is 0.137 e. The van der Waals surface area contributed by atoms with Gasteiger partial charge in [0.2, 0.25) is 0 Å². The van der Waals surface area contributed by atoms with Gasteiger partial charge in [0.25, 0.3) is 0 Å². The number of aliphatic hydroxyl groups is 1. The number of likely N-dealkylation sites (N-methyl/N-ethyl adjacent to an activating group) is 1. The van der Waals surface area contributed by atoms with Crippen LogP contribution in [0.4, 0.5) is 0 Å². The highest BCUT2D eigenvalue weighted by Gasteiger charge is 2.22. The summed E-state index contributed by atoms with van der Waals surface area (Å²) in [5, 5.41) is 16.4. The van der Waals surface area contributed by atoms with E-state index in [9.17, 15) is 5.11 Å². The minimum absolute atomic E-state index is 0.0840. The third-order valence-electron chi connectivity index (χ3n) is 1.93. The van der Waals surface area contributed by atoms with Crippen molar-refractivity contribution in [2.75, 3.05) is 13.2 Å². The fourth-order valence-corrected chi connectivity index (χ4v) is 1.26. The predicted octanol–water partition coefficient (Wildman–Crippen LogP) is -0.361. The summed E-state index contributed by atoms with van der Waals surface area (Å²) in [7, 11) is 0. The van der Waals surface area contributed by atoms with Crippen molar-refractivity contribution in [2.45, 2.75) is 25.9 Å². The van der Waals surface area contributed by atoms with Crippen LogP contribution in [0.3, 0.4) is 0 Å². The Morgan fingerprint density at radius 1 is 1.62 bits per heavy atom. The van der Waals surface area contributed by atoms with Gasteiger partial charge in [-0.15, -0.1) is 0 Å². The van der Waals surface area contributed by atoms with Crippen LogP contribution in [0.2, 0.25) is 0 Å². The topological polar surface area (TPSA) is 63.0 Å². The highest BCUT2D eigenvalue weighted by Crippen LogP contribution is 2.04. The Morgan fingerprint density at radius 3 is 2.85 bits per heavy atom. The molecule has 0 saturated heterocycles. The van der Waals surface area contributed by atoms with Crippen LogP contribution in [0.15, 0.2) is 12.7 Å². The average molecular weight is 184 g/mol. The molecule has 1 rings (SSSR count). The summed E-state index contributed by atoms with van der Waals surface area (Å²) in [6.07, 6.45) is 3.13. The van der Waals surface area contributed by atoms with Gasteiger partial charge in [-0.25, -0.2) is 4.98 Å². The molecule has 5 heteroatoms. The summed E-state index contributed by atoms with van der Waals surface area (Å²) in [6, 6.07) is 0. The number of rotatable bonds is 5. The minimum Gasteiger partial charge on any atom is -0.394 e. The molecule has 0 aliphatic heterocycles. The summed E-state index contributed by atoms with van der Waals surface area (Å²) < 4.78 is 1.71. The molecule has 2 N–H and O–H groups in total. The molecule has 1 aromatic rings. The first-order valence-electron chi connectivity index (χ1n) is 4.38. The minimum atomic E-state index is -0.317. The van der Waals surface area contributed by atoms with Gasteiger partial charge >= 0.3 is 0 Å². The molecular weight excluding hydrogens is 168 g/mol. The number of nitrogens with one attached hydrogen (secondary N) is 1. The third kappa shape index (κ3) is 2.78. The molecule has 0 bridgehead atoms. The van der Waals surface area contributed by atoms with Crippen molar-refractivity contribution < 1.29 is 5.11 Å². The summed E-state index contributed by atoms with van der Waals surface area (Å²) in [6.45, 7) is 5.50. The maximum absolute atomic E-state index is 9.19. The fraction of sp³-hybridized carbons (Fsp3) is 0.750. The van der Waals surface area contributed by atoms with Crippen LogP contribution < -0.4 is 5.32 Å². The van der Waals surface area contributed by atoms with Gasteiger partial charge in [-0.3, -0.25) is 4.68 Å².